The average molecular weight is 449 g/mol. The van der Waals surface area contributed by atoms with Gasteiger partial charge in [-0.3, -0.25) is 4.79 Å². The van der Waals surface area contributed by atoms with Gasteiger partial charge in [-0.15, -0.1) is 0 Å². The van der Waals surface area contributed by atoms with Crippen LogP contribution in [0.5, 0.6) is 0 Å². The van der Waals surface area contributed by atoms with Crippen LogP contribution in [0.3, 0.4) is 0 Å². The summed E-state index contributed by atoms with van der Waals surface area (Å²) in [6.07, 6.45) is 11.7. The van der Waals surface area contributed by atoms with E-state index in [4.69, 9.17) is 18.9 Å². The Bertz CT molecular complexity index is 710. The van der Waals surface area contributed by atoms with E-state index in [1.54, 1.807) is 7.11 Å². The fourth-order valence-electron chi connectivity index (χ4n) is 9.47. The van der Waals surface area contributed by atoms with Crippen molar-refractivity contribution in [1.29, 1.82) is 0 Å². The molecule has 1 saturated heterocycles. The predicted molar refractivity (Wildman–Crippen MR) is 122 cm³/mol. The lowest BCUT2D eigenvalue weighted by molar-refractivity contribution is -0.200. The highest BCUT2D eigenvalue weighted by Gasteiger charge is 2.67. The highest BCUT2D eigenvalue weighted by atomic mass is 16.7. The van der Waals surface area contributed by atoms with Crippen molar-refractivity contribution in [2.75, 3.05) is 21.0 Å². The van der Waals surface area contributed by atoms with Gasteiger partial charge in [0.2, 0.25) is 0 Å². The minimum Gasteiger partial charge on any atom is -0.469 e. The highest BCUT2D eigenvalue weighted by molar-refractivity contribution is 5.69. The summed E-state index contributed by atoms with van der Waals surface area (Å²) in [7, 11) is 3.24. The molecule has 0 aromatic carbocycles. The smallest absolute Gasteiger partial charge is 0.305 e. The SMILES string of the molecule is COCO[C@H]1C[C@@H]2[C@H]3O[C@H]3CC[C@]2(C)[C@H]2CC[C@]3(C)[C@@H]([C@H](C)CCC(=O)OC)CC[C@H]3[C@H]12. The Labute approximate surface area is 194 Å². The van der Waals surface area contributed by atoms with E-state index in [1.165, 1.54) is 45.6 Å². The molecule has 4 aliphatic carbocycles. The lowest BCUT2D eigenvalue weighted by Gasteiger charge is -2.62. The number of hydrogen-bond donors (Lipinski definition) is 0. The molecule has 0 spiro atoms. The zero-order valence-electron chi connectivity index (χ0n) is 20.8. The molecule has 182 valence electrons. The molecule has 32 heavy (non-hydrogen) atoms. The van der Waals surface area contributed by atoms with Crippen molar-refractivity contribution < 1.29 is 23.7 Å². The summed E-state index contributed by atoms with van der Waals surface area (Å²) < 4.78 is 22.9. The van der Waals surface area contributed by atoms with E-state index in [0.717, 1.165) is 18.8 Å². The number of hydrogen-bond acceptors (Lipinski definition) is 5. The Morgan fingerprint density at radius 2 is 1.78 bits per heavy atom. The Morgan fingerprint density at radius 1 is 1.03 bits per heavy atom. The molecule has 0 amide bonds. The molecule has 5 nitrogen and oxygen atoms in total. The van der Waals surface area contributed by atoms with Crippen molar-refractivity contribution in [2.24, 2.45) is 46.3 Å². The fraction of sp³-hybridized carbons (Fsp3) is 0.963. The summed E-state index contributed by atoms with van der Waals surface area (Å²) in [4.78, 5) is 11.8. The Hall–Kier alpha value is -0.650. The van der Waals surface area contributed by atoms with Crippen LogP contribution in [-0.2, 0) is 23.7 Å². The first kappa shape index (κ1) is 23.1. The monoisotopic (exact) mass is 448 g/mol. The Balaban J connectivity index is 1.39. The average Bonchev–Trinajstić information content (AvgIpc) is 3.49. The third-order valence-electron chi connectivity index (χ3n) is 11.1. The number of carbonyl (C=O) groups excluding carboxylic acids is 1. The molecule has 1 aliphatic heterocycles. The van der Waals surface area contributed by atoms with Gasteiger partial charge in [-0.2, -0.15) is 0 Å². The molecule has 5 fully saturated rings. The van der Waals surface area contributed by atoms with Crippen LogP contribution >= 0.6 is 0 Å². The number of methoxy groups -OCH3 is 2. The van der Waals surface area contributed by atoms with Crippen LogP contribution in [0.15, 0.2) is 0 Å². The Kier molecular flexibility index (Phi) is 6.16. The summed E-state index contributed by atoms with van der Waals surface area (Å²) in [5.74, 6) is 3.88. The maximum atomic E-state index is 11.8. The summed E-state index contributed by atoms with van der Waals surface area (Å²) in [5, 5.41) is 0. The molecule has 5 rings (SSSR count). The topological polar surface area (TPSA) is 57.3 Å². The van der Waals surface area contributed by atoms with Crippen LogP contribution in [0.1, 0.15) is 78.6 Å². The van der Waals surface area contributed by atoms with Crippen LogP contribution < -0.4 is 0 Å². The van der Waals surface area contributed by atoms with Gasteiger partial charge in [0.05, 0.1) is 25.4 Å². The van der Waals surface area contributed by atoms with Crippen LogP contribution in [-0.4, -0.2) is 45.3 Å². The quantitative estimate of drug-likeness (QED) is 0.304. The van der Waals surface area contributed by atoms with Crippen molar-refractivity contribution in [1.82, 2.24) is 0 Å². The van der Waals surface area contributed by atoms with E-state index in [-0.39, 0.29) is 12.1 Å². The number of carbonyl (C=O) groups is 1. The van der Waals surface area contributed by atoms with Gasteiger partial charge in [0, 0.05) is 13.5 Å². The minimum absolute atomic E-state index is 0.0718. The second-order valence-electron chi connectivity index (χ2n) is 12.2. The second-order valence-corrected chi connectivity index (χ2v) is 12.2. The minimum atomic E-state index is -0.0718. The van der Waals surface area contributed by atoms with Gasteiger partial charge in [-0.1, -0.05) is 20.8 Å². The molecule has 0 unspecified atom stereocenters. The first-order valence-electron chi connectivity index (χ1n) is 13.2. The van der Waals surface area contributed by atoms with Crippen LogP contribution in [0.4, 0.5) is 0 Å². The third-order valence-corrected chi connectivity index (χ3v) is 11.1. The fourth-order valence-corrected chi connectivity index (χ4v) is 9.47. The van der Waals surface area contributed by atoms with E-state index >= 15 is 0 Å². The number of epoxide rings is 1. The molecule has 5 heteroatoms. The van der Waals surface area contributed by atoms with E-state index in [0.29, 0.717) is 65.8 Å². The molecule has 4 saturated carbocycles. The summed E-state index contributed by atoms with van der Waals surface area (Å²) in [6, 6.07) is 0. The molecule has 0 aromatic heterocycles. The lowest BCUT2D eigenvalue weighted by Crippen LogP contribution is -2.59. The van der Waals surface area contributed by atoms with Gasteiger partial charge in [-0.05, 0) is 97.7 Å². The predicted octanol–water partition coefficient (Wildman–Crippen LogP) is 5.21. The largest absolute Gasteiger partial charge is 0.469 e. The van der Waals surface area contributed by atoms with E-state index in [9.17, 15) is 4.79 Å². The van der Waals surface area contributed by atoms with Gasteiger partial charge >= 0.3 is 5.97 Å². The second kappa shape index (κ2) is 8.53. The maximum Gasteiger partial charge on any atom is 0.305 e. The van der Waals surface area contributed by atoms with Crippen molar-refractivity contribution in [3.8, 4) is 0 Å². The van der Waals surface area contributed by atoms with Gasteiger partial charge in [0.15, 0.2) is 0 Å². The van der Waals surface area contributed by atoms with Gasteiger partial charge in [0.25, 0.3) is 0 Å². The number of fused-ring (bicyclic) bond motifs is 7. The molecule has 11 atom stereocenters. The van der Waals surface area contributed by atoms with Crippen LogP contribution in [0.25, 0.3) is 0 Å². The van der Waals surface area contributed by atoms with Crippen molar-refractivity contribution in [3.63, 3.8) is 0 Å². The van der Waals surface area contributed by atoms with E-state index in [1.807, 2.05) is 0 Å². The Morgan fingerprint density at radius 3 is 2.53 bits per heavy atom. The lowest BCUT2D eigenvalue weighted by atomic mass is 9.44. The molecule has 0 aromatic rings. The van der Waals surface area contributed by atoms with Crippen molar-refractivity contribution in [2.45, 2.75) is 96.9 Å². The zero-order chi connectivity index (χ0) is 22.7. The van der Waals surface area contributed by atoms with Crippen molar-refractivity contribution >= 4 is 5.97 Å². The molecule has 0 N–H and O–H groups in total. The molecule has 1 heterocycles. The van der Waals surface area contributed by atoms with E-state index < -0.39 is 0 Å². The molecule has 5 aliphatic rings. The number of rotatable bonds is 7. The van der Waals surface area contributed by atoms with E-state index in [2.05, 4.69) is 20.8 Å². The molecular weight excluding hydrogens is 404 g/mol. The molecule has 0 radical (unpaired) electrons. The standard InChI is InChI=1S/C27H44O5/c1-16(6-9-23(28)30-5)17-7-8-18-24-19(10-12-26(17,18)2)27(3)13-11-21-25(32-21)20(27)14-22(24)31-15-29-4/h16-22,24-25H,6-15H2,1-5H3/t16-,17-,18+,19+,20-,21+,22+,24+,25-,26-,27-/m1/s1. The molecule has 0 bridgehead atoms. The summed E-state index contributed by atoms with van der Waals surface area (Å²) >= 11 is 0. The van der Waals surface area contributed by atoms with Gasteiger partial charge in [0.1, 0.15) is 6.79 Å². The highest BCUT2D eigenvalue weighted by Crippen LogP contribution is 2.70. The molecular formula is C27H44O5. The zero-order valence-corrected chi connectivity index (χ0v) is 20.8. The number of ether oxygens (including phenoxy) is 4. The maximum absolute atomic E-state index is 11.8. The first-order valence-corrected chi connectivity index (χ1v) is 13.2. The van der Waals surface area contributed by atoms with Crippen molar-refractivity contribution in [3.05, 3.63) is 0 Å². The third kappa shape index (κ3) is 3.56. The van der Waals surface area contributed by atoms with Gasteiger partial charge < -0.3 is 18.9 Å². The van der Waals surface area contributed by atoms with Gasteiger partial charge in [-0.25, -0.2) is 0 Å². The summed E-state index contributed by atoms with van der Waals surface area (Å²) in [6.45, 7) is 7.93. The first-order chi connectivity index (χ1) is 15.3. The van der Waals surface area contributed by atoms with Crippen LogP contribution in [0, 0.1) is 46.3 Å². The number of esters is 1. The summed E-state index contributed by atoms with van der Waals surface area (Å²) in [5.41, 5.74) is 0.743. The van der Waals surface area contributed by atoms with Crippen LogP contribution in [0.2, 0.25) is 0 Å². The normalized spacial score (nSPS) is 49.9.